The highest BCUT2D eigenvalue weighted by Gasteiger charge is 2.20. The summed E-state index contributed by atoms with van der Waals surface area (Å²) in [6.07, 6.45) is 105. The molecule has 3 N–H and O–H groups in total. The van der Waals surface area contributed by atoms with Crippen molar-refractivity contribution in [3.8, 4) is 0 Å². The molecule has 6 heteroatoms. The van der Waals surface area contributed by atoms with Crippen LogP contribution in [0.1, 0.15) is 450 Å². The lowest BCUT2D eigenvalue weighted by Gasteiger charge is -2.22. The summed E-state index contributed by atoms with van der Waals surface area (Å²) in [4.78, 5) is 24.6. The van der Waals surface area contributed by atoms with E-state index in [-0.39, 0.29) is 18.5 Å². The highest BCUT2D eigenvalue weighted by atomic mass is 16.5. The zero-order chi connectivity index (χ0) is 64.9. The fourth-order valence-electron chi connectivity index (χ4n) is 12.9. The highest BCUT2D eigenvalue weighted by molar-refractivity contribution is 5.76. The summed E-state index contributed by atoms with van der Waals surface area (Å²) in [5.74, 6) is -0.0208. The zero-order valence-electron chi connectivity index (χ0n) is 60.9. The van der Waals surface area contributed by atoms with E-state index < -0.39 is 12.1 Å². The quantitative estimate of drug-likeness (QED) is 0.0320. The summed E-state index contributed by atoms with van der Waals surface area (Å²) in [5.41, 5.74) is 0. The molecule has 0 saturated carbocycles. The Bertz CT molecular complexity index is 1500. The Morgan fingerprint density at radius 1 is 0.311 bits per heavy atom. The van der Waals surface area contributed by atoms with Crippen LogP contribution in [0.3, 0.4) is 0 Å². The van der Waals surface area contributed by atoms with Gasteiger partial charge in [0, 0.05) is 12.8 Å². The monoisotopic (exact) mass is 1260 g/mol. The normalized spacial score (nSPS) is 12.7. The summed E-state index contributed by atoms with van der Waals surface area (Å²) in [6.45, 7) is 4.96. The summed E-state index contributed by atoms with van der Waals surface area (Å²) < 4.78 is 5.49. The second-order valence-corrected chi connectivity index (χ2v) is 28.1. The Morgan fingerprint density at radius 3 is 0.867 bits per heavy atom. The molecular weight excluding hydrogens is 1100 g/mol. The molecule has 6 nitrogen and oxygen atoms in total. The van der Waals surface area contributed by atoms with Crippen LogP contribution in [-0.4, -0.2) is 47.4 Å². The molecule has 0 aromatic rings. The first-order chi connectivity index (χ1) is 44.5. The lowest BCUT2D eigenvalue weighted by molar-refractivity contribution is -0.143. The Kier molecular flexibility index (Phi) is 77.3. The minimum Gasteiger partial charge on any atom is -0.466 e. The van der Waals surface area contributed by atoms with Gasteiger partial charge in [-0.25, -0.2) is 0 Å². The van der Waals surface area contributed by atoms with Crippen molar-refractivity contribution < 1.29 is 24.5 Å². The number of hydrogen-bond acceptors (Lipinski definition) is 5. The molecule has 2 unspecified atom stereocenters. The van der Waals surface area contributed by atoms with Crippen LogP contribution in [0, 0.1) is 0 Å². The van der Waals surface area contributed by atoms with Crippen LogP contribution < -0.4 is 5.32 Å². The van der Waals surface area contributed by atoms with Crippen LogP contribution in [-0.2, 0) is 14.3 Å². The van der Waals surface area contributed by atoms with Gasteiger partial charge in [0.25, 0.3) is 0 Å². The van der Waals surface area contributed by atoms with E-state index in [1.54, 1.807) is 0 Å². The van der Waals surface area contributed by atoms with Crippen LogP contribution in [0.15, 0.2) is 48.6 Å². The maximum absolute atomic E-state index is 12.6. The maximum Gasteiger partial charge on any atom is 0.305 e. The number of rotatable bonds is 77. The molecule has 90 heavy (non-hydrogen) atoms. The fraction of sp³-hybridized carbons (Fsp3) is 0.881. The lowest BCUT2D eigenvalue weighted by Crippen LogP contribution is -2.45. The smallest absolute Gasteiger partial charge is 0.305 e. The summed E-state index contributed by atoms with van der Waals surface area (Å²) in [7, 11) is 0. The van der Waals surface area contributed by atoms with Gasteiger partial charge in [-0.1, -0.05) is 396 Å². The van der Waals surface area contributed by atoms with Crippen LogP contribution in [0.25, 0.3) is 0 Å². The summed E-state index contributed by atoms with van der Waals surface area (Å²) >= 11 is 0. The third-order valence-electron chi connectivity index (χ3n) is 19.1. The minimum atomic E-state index is -0.663. The van der Waals surface area contributed by atoms with Crippen molar-refractivity contribution in [1.29, 1.82) is 0 Å². The highest BCUT2D eigenvalue weighted by Crippen LogP contribution is 2.20. The van der Waals surface area contributed by atoms with Gasteiger partial charge < -0.3 is 20.3 Å². The lowest BCUT2D eigenvalue weighted by atomic mass is 10.0. The van der Waals surface area contributed by atoms with E-state index in [9.17, 15) is 19.8 Å². The largest absolute Gasteiger partial charge is 0.466 e. The molecule has 0 aliphatic heterocycles. The third-order valence-corrected chi connectivity index (χ3v) is 19.1. The molecule has 0 radical (unpaired) electrons. The number of unbranched alkanes of at least 4 members (excludes halogenated alkanes) is 58. The van der Waals surface area contributed by atoms with Gasteiger partial charge in [0.2, 0.25) is 5.91 Å². The second-order valence-electron chi connectivity index (χ2n) is 28.1. The van der Waals surface area contributed by atoms with Crippen molar-refractivity contribution in [1.82, 2.24) is 5.32 Å². The molecule has 530 valence electrons. The van der Waals surface area contributed by atoms with Gasteiger partial charge in [-0.05, 0) is 89.9 Å². The number of aliphatic hydroxyl groups excluding tert-OH is 2. The molecule has 2 atom stereocenters. The van der Waals surface area contributed by atoms with E-state index in [1.165, 1.54) is 360 Å². The van der Waals surface area contributed by atoms with E-state index >= 15 is 0 Å². The molecule has 0 bridgehead atoms. The van der Waals surface area contributed by atoms with Gasteiger partial charge in [-0.2, -0.15) is 0 Å². The zero-order valence-corrected chi connectivity index (χ0v) is 60.9. The SMILES string of the molecule is CCCCC/C=C\C/C=C\CCCCCCCC(=O)OCCCCCCCCCCCCCCCCC/C=C\C/C=C\CCCCCCCCCCCCCCCCCCCC(=O)NC(CO)C(O)CCCCCCCCCCCCCCCCCCCCC. The molecule has 0 aromatic carbocycles. The van der Waals surface area contributed by atoms with Crippen LogP contribution in [0.5, 0.6) is 0 Å². The molecule has 1 amide bonds. The van der Waals surface area contributed by atoms with Crippen molar-refractivity contribution in [2.75, 3.05) is 13.2 Å². The van der Waals surface area contributed by atoms with E-state index in [2.05, 4.69) is 67.8 Å². The number of amides is 1. The number of allylic oxidation sites excluding steroid dienone is 8. The number of carbonyl (C=O) groups is 2. The van der Waals surface area contributed by atoms with Gasteiger partial charge in [-0.15, -0.1) is 0 Å². The van der Waals surface area contributed by atoms with Crippen LogP contribution in [0.4, 0.5) is 0 Å². The van der Waals surface area contributed by atoms with Gasteiger partial charge in [0.15, 0.2) is 0 Å². The van der Waals surface area contributed by atoms with E-state index in [0.717, 1.165) is 57.8 Å². The molecule has 0 heterocycles. The Hall–Kier alpha value is -2.18. The van der Waals surface area contributed by atoms with Crippen molar-refractivity contribution in [2.45, 2.75) is 463 Å². The Labute approximate surface area is 563 Å². The average molecular weight is 1260 g/mol. The van der Waals surface area contributed by atoms with Gasteiger partial charge in [0.1, 0.15) is 0 Å². The molecular formula is C84H159NO5. The van der Waals surface area contributed by atoms with Gasteiger partial charge in [-0.3, -0.25) is 9.59 Å². The molecule has 0 saturated heterocycles. The summed E-state index contributed by atoms with van der Waals surface area (Å²) in [6, 6.07) is -0.540. The Balaban J connectivity index is 3.36. The molecule has 0 fully saturated rings. The first kappa shape index (κ1) is 87.8. The van der Waals surface area contributed by atoms with Crippen molar-refractivity contribution in [2.24, 2.45) is 0 Å². The predicted molar refractivity (Wildman–Crippen MR) is 398 cm³/mol. The van der Waals surface area contributed by atoms with E-state index in [0.29, 0.717) is 25.9 Å². The number of carbonyl (C=O) groups excluding carboxylic acids is 2. The standard InChI is InChI=1S/C84H159NO5/c1-3-5-7-9-11-13-15-17-19-20-42-45-49-52-56-60-64-68-72-76-82(87)81(80-86)85-83(88)77-73-69-65-61-57-53-50-46-43-40-38-36-34-32-30-28-26-24-22-21-23-25-27-29-31-33-35-37-39-41-44-47-51-55-59-63-67-71-75-79-90-84(89)78-74-70-66-62-58-54-48-18-16-14-12-10-8-6-4-2/h12,14,18,21-22,25,27,48,81-82,86-87H,3-11,13,15-17,19-20,23-24,26,28-47,49-80H2,1-2H3,(H,85,88)/b14-12-,22-21-,27-25-,48-18-. The van der Waals surface area contributed by atoms with Gasteiger partial charge >= 0.3 is 5.97 Å². The van der Waals surface area contributed by atoms with E-state index in [4.69, 9.17) is 4.74 Å². The van der Waals surface area contributed by atoms with E-state index in [1.807, 2.05) is 0 Å². The molecule has 0 aliphatic rings. The fourth-order valence-corrected chi connectivity index (χ4v) is 12.9. The van der Waals surface area contributed by atoms with Gasteiger partial charge in [0.05, 0.1) is 25.4 Å². The molecule has 0 spiro atoms. The number of ether oxygens (including phenoxy) is 1. The number of esters is 1. The number of aliphatic hydroxyl groups is 2. The van der Waals surface area contributed by atoms with Crippen molar-refractivity contribution >= 4 is 11.9 Å². The maximum atomic E-state index is 12.6. The topological polar surface area (TPSA) is 95.9 Å². The molecule has 0 aromatic heterocycles. The Morgan fingerprint density at radius 2 is 0.556 bits per heavy atom. The first-order valence-electron chi connectivity index (χ1n) is 40.9. The van der Waals surface area contributed by atoms with Crippen LogP contribution in [0.2, 0.25) is 0 Å². The molecule has 0 rings (SSSR count). The van der Waals surface area contributed by atoms with Crippen molar-refractivity contribution in [3.63, 3.8) is 0 Å². The molecule has 0 aliphatic carbocycles. The van der Waals surface area contributed by atoms with Crippen molar-refractivity contribution in [3.05, 3.63) is 48.6 Å². The minimum absolute atomic E-state index is 0.00667. The average Bonchev–Trinajstić information content (AvgIpc) is 3.62. The predicted octanol–water partition coefficient (Wildman–Crippen LogP) is 27.2. The number of hydrogen-bond donors (Lipinski definition) is 3. The first-order valence-corrected chi connectivity index (χ1v) is 40.9. The third kappa shape index (κ3) is 74.9. The van der Waals surface area contributed by atoms with Crippen LogP contribution >= 0.6 is 0 Å². The summed E-state index contributed by atoms with van der Waals surface area (Å²) in [5, 5.41) is 23.4. The second kappa shape index (κ2) is 79.3. The number of nitrogens with one attached hydrogen (secondary N) is 1.